The van der Waals surface area contributed by atoms with E-state index in [1.807, 2.05) is 24.3 Å². The number of hydrogen-bond acceptors (Lipinski definition) is 2. The summed E-state index contributed by atoms with van der Waals surface area (Å²) in [7, 11) is 0. The molecule has 8 heteroatoms. The highest BCUT2D eigenvalue weighted by atomic mass is 127. The van der Waals surface area contributed by atoms with Crippen molar-refractivity contribution in [2.75, 3.05) is 5.32 Å². The Kier molecular flexibility index (Phi) is 5.74. The van der Waals surface area contributed by atoms with Crippen molar-refractivity contribution in [2.45, 2.75) is 13.0 Å². The molecule has 3 rings (SSSR count). The summed E-state index contributed by atoms with van der Waals surface area (Å²) in [6, 6.07) is 11.4. The predicted molar refractivity (Wildman–Crippen MR) is 111 cm³/mol. The number of carbonyl (C=O) groups is 2. The molecule has 0 saturated heterocycles. The fourth-order valence-corrected chi connectivity index (χ4v) is 3.48. The molecule has 0 saturated carbocycles. The van der Waals surface area contributed by atoms with Gasteiger partial charge in [0.2, 0.25) is 0 Å². The van der Waals surface area contributed by atoms with E-state index in [0.29, 0.717) is 32.6 Å². The Morgan fingerprint density at radius 1 is 1.15 bits per heavy atom. The molecule has 0 aliphatic carbocycles. The zero-order valence-corrected chi connectivity index (χ0v) is 17.2. The Labute approximate surface area is 174 Å². The monoisotopic (exact) mass is 501 g/mol. The minimum Gasteiger partial charge on any atom is -0.327 e. The van der Waals surface area contributed by atoms with Crippen molar-refractivity contribution in [2.24, 2.45) is 0 Å². The third-order valence-electron chi connectivity index (χ3n) is 3.91. The Balaban J connectivity index is 1.99. The van der Waals surface area contributed by atoms with Gasteiger partial charge in [0.05, 0.1) is 21.7 Å². The Morgan fingerprint density at radius 2 is 1.85 bits per heavy atom. The second kappa shape index (κ2) is 7.85. The lowest BCUT2D eigenvalue weighted by atomic mass is 9.94. The fourth-order valence-electron chi connectivity index (χ4n) is 2.70. The van der Waals surface area contributed by atoms with Crippen LogP contribution in [0.5, 0.6) is 0 Å². The molecular formula is C18H14Cl2IN3O2. The molecule has 1 atom stereocenters. The topological polar surface area (TPSA) is 70.2 Å². The quantitative estimate of drug-likeness (QED) is 0.525. The molecule has 3 amide bonds. The summed E-state index contributed by atoms with van der Waals surface area (Å²) in [6.07, 6.45) is 0. The SMILES string of the molecule is CC1=C(C(=O)Nc2ccc(I)cc2)[C@H](c2cccc(Cl)c2Cl)NC(=O)N1. The molecule has 3 N–H and O–H groups in total. The number of rotatable bonds is 3. The average molecular weight is 502 g/mol. The third kappa shape index (κ3) is 3.97. The van der Waals surface area contributed by atoms with Gasteiger partial charge >= 0.3 is 6.03 Å². The van der Waals surface area contributed by atoms with Crippen LogP contribution in [0.1, 0.15) is 18.5 Å². The number of amides is 3. The van der Waals surface area contributed by atoms with E-state index < -0.39 is 12.1 Å². The highest BCUT2D eigenvalue weighted by Gasteiger charge is 2.32. The normalized spacial score (nSPS) is 16.8. The number of nitrogens with one attached hydrogen (secondary N) is 3. The van der Waals surface area contributed by atoms with E-state index in [1.165, 1.54) is 0 Å². The van der Waals surface area contributed by atoms with Crippen LogP contribution in [0.15, 0.2) is 53.7 Å². The molecule has 26 heavy (non-hydrogen) atoms. The lowest BCUT2D eigenvalue weighted by molar-refractivity contribution is -0.113. The molecule has 0 spiro atoms. The number of halogens is 3. The lowest BCUT2D eigenvalue weighted by Gasteiger charge is -2.29. The van der Waals surface area contributed by atoms with Crippen LogP contribution in [0.2, 0.25) is 10.0 Å². The lowest BCUT2D eigenvalue weighted by Crippen LogP contribution is -2.46. The first-order chi connectivity index (χ1) is 12.4. The van der Waals surface area contributed by atoms with Gasteiger partial charge in [0, 0.05) is 15.0 Å². The van der Waals surface area contributed by atoms with Crippen molar-refractivity contribution < 1.29 is 9.59 Å². The molecule has 2 aromatic rings. The summed E-state index contributed by atoms with van der Waals surface area (Å²) in [4.78, 5) is 24.9. The van der Waals surface area contributed by atoms with Gasteiger partial charge in [-0.05, 0) is 65.4 Å². The van der Waals surface area contributed by atoms with Crippen LogP contribution in [-0.4, -0.2) is 11.9 Å². The average Bonchev–Trinajstić information content (AvgIpc) is 2.58. The van der Waals surface area contributed by atoms with E-state index in [1.54, 1.807) is 25.1 Å². The van der Waals surface area contributed by atoms with E-state index in [-0.39, 0.29) is 5.91 Å². The maximum atomic E-state index is 12.9. The van der Waals surface area contributed by atoms with Crippen LogP contribution in [0.4, 0.5) is 10.5 Å². The summed E-state index contributed by atoms with van der Waals surface area (Å²) in [6.45, 7) is 1.67. The van der Waals surface area contributed by atoms with Gasteiger partial charge in [-0.2, -0.15) is 0 Å². The van der Waals surface area contributed by atoms with Crippen molar-refractivity contribution >= 4 is 63.4 Å². The number of allylic oxidation sites excluding steroid dienone is 1. The molecule has 0 fully saturated rings. The summed E-state index contributed by atoms with van der Waals surface area (Å²) in [5.74, 6) is -0.336. The molecular weight excluding hydrogens is 488 g/mol. The van der Waals surface area contributed by atoms with E-state index >= 15 is 0 Å². The number of hydrogen-bond donors (Lipinski definition) is 3. The van der Waals surface area contributed by atoms with Crippen molar-refractivity contribution in [1.29, 1.82) is 0 Å². The molecule has 2 aromatic carbocycles. The summed E-state index contributed by atoms with van der Waals surface area (Å²) in [5.41, 5.74) is 2.04. The summed E-state index contributed by atoms with van der Waals surface area (Å²) < 4.78 is 1.06. The maximum Gasteiger partial charge on any atom is 0.319 e. The van der Waals surface area contributed by atoms with E-state index in [2.05, 4.69) is 38.5 Å². The molecule has 5 nitrogen and oxygen atoms in total. The van der Waals surface area contributed by atoms with E-state index in [0.717, 1.165) is 3.57 Å². The number of urea groups is 1. The van der Waals surface area contributed by atoms with Crippen molar-refractivity contribution in [1.82, 2.24) is 10.6 Å². The molecule has 1 aliphatic rings. The Bertz CT molecular complexity index is 913. The molecule has 0 unspecified atom stereocenters. The Hall–Kier alpha value is -1.77. The standard InChI is InChI=1S/C18H14Cl2IN3O2/c1-9-14(17(25)23-11-7-5-10(21)6-8-11)16(24-18(26)22-9)12-3-2-4-13(19)15(12)20/h2-8,16H,1H3,(H,23,25)(H2,22,24,26)/t16-/m0/s1. The van der Waals surface area contributed by atoms with Gasteiger partial charge in [-0.3, -0.25) is 4.79 Å². The van der Waals surface area contributed by atoms with E-state index in [4.69, 9.17) is 23.2 Å². The van der Waals surface area contributed by atoms with Gasteiger partial charge in [-0.25, -0.2) is 4.79 Å². The number of benzene rings is 2. The van der Waals surface area contributed by atoms with Gasteiger partial charge in [0.1, 0.15) is 0 Å². The first-order valence-electron chi connectivity index (χ1n) is 7.66. The zero-order chi connectivity index (χ0) is 18.8. The van der Waals surface area contributed by atoms with Crippen LogP contribution >= 0.6 is 45.8 Å². The first-order valence-corrected chi connectivity index (χ1v) is 9.49. The largest absolute Gasteiger partial charge is 0.327 e. The summed E-state index contributed by atoms with van der Waals surface area (Å²) >= 11 is 14.6. The minimum absolute atomic E-state index is 0.300. The van der Waals surface area contributed by atoms with Crippen LogP contribution < -0.4 is 16.0 Å². The van der Waals surface area contributed by atoms with Gasteiger partial charge in [-0.15, -0.1) is 0 Å². The molecule has 1 aliphatic heterocycles. The van der Waals surface area contributed by atoms with Gasteiger partial charge in [0.25, 0.3) is 5.91 Å². The van der Waals surface area contributed by atoms with Crippen LogP contribution in [0, 0.1) is 3.57 Å². The summed E-state index contributed by atoms with van der Waals surface area (Å²) in [5, 5.41) is 8.88. The van der Waals surface area contributed by atoms with Gasteiger partial charge < -0.3 is 16.0 Å². The van der Waals surface area contributed by atoms with Crippen molar-refractivity contribution in [3.8, 4) is 0 Å². The van der Waals surface area contributed by atoms with Crippen LogP contribution in [0.25, 0.3) is 0 Å². The predicted octanol–water partition coefficient (Wildman–Crippen LogP) is 4.86. The third-order valence-corrected chi connectivity index (χ3v) is 5.46. The second-order valence-corrected chi connectivity index (χ2v) is 7.71. The van der Waals surface area contributed by atoms with Crippen molar-refractivity contribution in [3.05, 3.63) is 72.9 Å². The van der Waals surface area contributed by atoms with Crippen LogP contribution in [-0.2, 0) is 4.79 Å². The maximum absolute atomic E-state index is 12.9. The van der Waals surface area contributed by atoms with Gasteiger partial charge in [-0.1, -0.05) is 35.3 Å². The first kappa shape index (κ1) is 19.0. The minimum atomic E-state index is -0.709. The smallest absolute Gasteiger partial charge is 0.319 e. The molecule has 0 aromatic heterocycles. The number of carbonyl (C=O) groups excluding carboxylic acids is 2. The van der Waals surface area contributed by atoms with Gasteiger partial charge in [0.15, 0.2) is 0 Å². The number of anilines is 1. The Morgan fingerprint density at radius 3 is 2.54 bits per heavy atom. The molecule has 1 heterocycles. The fraction of sp³-hybridized carbons (Fsp3) is 0.111. The van der Waals surface area contributed by atoms with Crippen molar-refractivity contribution in [3.63, 3.8) is 0 Å². The highest BCUT2D eigenvalue weighted by Crippen LogP contribution is 2.35. The highest BCUT2D eigenvalue weighted by molar-refractivity contribution is 14.1. The zero-order valence-electron chi connectivity index (χ0n) is 13.6. The molecule has 0 radical (unpaired) electrons. The van der Waals surface area contributed by atoms with E-state index in [9.17, 15) is 9.59 Å². The molecule has 0 bridgehead atoms. The second-order valence-electron chi connectivity index (χ2n) is 5.67. The van der Waals surface area contributed by atoms with Crippen LogP contribution in [0.3, 0.4) is 0 Å². The molecule has 134 valence electrons.